The summed E-state index contributed by atoms with van der Waals surface area (Å²) in [5.41, 5.74) is 2.22. The van der Waals surface area contributed by atoms with Gasteiger partial charge >= 0.3 is 0 Å². The molecule has 8 heteroatoms. The van der Waals surface area contributed by atoms with Crippen LogP contribution in [0.15, 0.2) is 48.5 Å². The van der Waals surface area contributed by atoms with Crippen LogP contribution < -0.4 is 4.74 Å². The number of aliphatic hydroxyl groups excluding tert-OH is 1. The molecule has 3 rings (SSSR count). The van der Waals surface area contributed by atoms with Crippen LogP contribution in [0.4, 0.5) is 8.78 Å². The van der Waals surface area contributed by atoms with E-state index in [-0.39, 0.29) is 24.5 Å². The average Bonchev–Trinajstić information content (AvgIpc) is 3.13. The third-order valence-corrected chi connectivity index (χ3v) is 5.88. The lowest BCUT2D eigenvalue weighted by molar-refractivity contribution is -0.0150. The van der Waals surface area contributed by atoms with E-state index in [1.807, 2.05) is 51.1 Å². The summed E-state index contributed by atoms with van der Waals surface area (Å²) >= 11 is 0. The highest BCUT2D eigenvalue weighted by atomic mass is 19.1. The zero-order valence-corrected chi connectivity index (χ0v) is 21.0. The average molecular weight is 488 g/mol. The minimum atomic E-state index is -0.797. The number of benzene rings is 2. The fraction of sp³-hybridized carbons (Fsp3) is 0.444. The van der Waals surface area contributed by atoms with Crippen molar-refractivity contribution in [3.05, 3.63) is 71.4 Å². The minimum Gasteiger partial charge on any atom is -0.435 e. The molecule has 0 unspecified atom stereocenters. The Labute approximate surface area is 206 Å². The molecule has 0 fully saturated rings. The van der Waals surface area contributed by atoms with Crippen LogP contribution in [0.3, 0.4) is 0 Å². The summed E-state index contributed by atoms with van der Waals surface area (Å²) in [6, 6.07) is 12.8. The fourth-order valence-corrected chi connectivity index (χ4v) is 3.72. The molecule has 1 N–H and O–H groups in total. The number of aromatic nitrogens is 2. The van der Waals surface area contributed by atoms with Gasteiger partial charge in [-0.2, -0.15) is 5.10 Å². The van der Waals surface area contributed by atoms with E-state index in [9.17, 15) is 13.9 Å². The van der Waals surface area contributed by atoms with E-state index < -0.39 is 17.7 Å². The quantitative estimate of drug-likeness (QED) is 0.358. The smallest absolute Gasteiger partial charge is 0.227 e. The van der Waals surface area contributed by atoms with Crippen LogP contribution in [0.5, 0.6) is 11.6 Å². The first-order chi connectivity index (χ1) is 16.7. The summed E-state index contributed by atoms with van der Waals surface area (Å²) < 4.78 is 41.3. The first-order valence-electron chi connectivity index (χ1n) is 12.0. The maximum atomic E-state index is 14.5. The molecular formula is C27H35F2N3O3. The second kappa shape index (κ2) is 12.2. The molecular weight excluding hydrogens is 452 g/mol. The van der Waals surface area contributed by atoms with Gasteiger partial charge < -0.3 is 14.6 Å². The number of nitrogens with zero attached hydrogens (tertiary/aromatic N) is 3. The highest BCUT2D eigenvalue weighted by Crippen LogP contribution is 2.33. The molecule has 2 aromatic carbocycles. The molecule has 1 aromatic heterocycles. The summed E-state index contributed by atoms with van der Waals surface area (Å²) in [5, 5.41) is 15.3. The number of aryl methyl sites for hydroxylation is 1. The van der Waals surface area contributed by atoms with E-state index in [1.54, 1.807) is 4.68 Å². The van der Waals surface area contributed by atoms with E-state index in [0.717, 1.165) is 29.8 Å². The molecule has 1 heterocycles. The van der Waals surface area contributed by atoms with Crippen molar-refractivity contribution >= 4 is 0 Å². The van der Waals surface area contributed by atoms with Gasteiger partial charge in [0, 0.05) is 25.2 Å². The molecule has 0 amide bonds. The van der Waals surface area contributed by atoms with Crippen molar-refractivity contribution in [1.82, 2.24) is 14.7 Å². The van der Waals surface area contributed by atoms with Crippen LogP contribution in [-0.4, -0.2) is 51.2 Å². The number of halogens is 2. The molecule has 6 nitrogen and oxygen atoms in total. The van der Waals surface area contributed by atoms with Crippen LogP contribution >= 0.6 is 0 Å². The summed E-state index contributed by atoms with van der Waals surface area (Å²) in [7, 11) is 0. The van der Waals surface area contributed by atoms with Gasteiger partial charge in [0.25, 0.3) is 0 Å². The van der Waals surface area contributed by atoms with Crippen molar-refractivity contribution in [2.75, 3.05) is 13.2 Å². The Bertz CT molecular complexity index is 1090. The van der Waals surface area contributed by atoms with Crippen molar-refractivity contribution in [1.29, 1.82) is 0 Å². The van der Waals surface area contributed by atoms with Gasteiger partial charge in [-0.1, -0.05) is 25.1 Å². The van der Waals surface area contributed by atoms with Crippen molar-refractivity contribution in [2.45, 2.75) is 65.8 Å². The van der Waals surface area contributed by atoms with E-state index in [2.05, 4.69) is 23.8 Å². The van der Waals surface area contributed by atoms with Crippen LogP contribution in [0.1, 0.15) is 45.4 Å². The first kappa shape index (κ1) is 26.8. The molecule has 0 aliphatic rings. The summed E-state index contributed by atoms with van der Waals surface area (Å²) in [4.78, 5) is 2.14. The van der Waals surface area contributed by atoms with Gasteiger partial charge in [-0.15, -0.1) is 0 Å². The van der Waals surface area contributed by atoms with Gasteiger partial charge in [0.2, 0.25) is 5.88 Å². The van der Waals surface area contributed by atoms with Crippen LogP contribution in [0.25, 0.3) is 5.69 Å². The van der Waals surface area contributed by atoms with Crippen molar-refractivity contribution in [3.8, 4) is 17.3 Å². The number of rotatable bonds is 12. The Hall–Kier alpha value is -2.81. The summed E-state index contributed by atoms with van der Waals surface area (Å²) in [5.74, 6) is -1.22. The lowest BCUT2D eigenvalue weighted by Gasteiger charge is -2.30. The molecule has 35 heavy (non-hydrogen) atoms. The zero-order chi connectivity index (χ0) is 25.5. The monoisotopic (exact) mass is 487 g/mol. The fourth-order valence-electron chi connectivity index (χ4n) is 3.72. The number of ether oxygens (including phenoxy) is 2. The Morgan fingerprint density at radius 1 is 1.09 bits per heavy atom. The van der Waals surface area contributed by atoms with Gasteiger partial charge in [-0.25, -0.2) is 13.5 Å². The maximum Gasteiger partial charge on any atom is 0.227 e. The number of aliphatic hydroxyl groups is 1. The molecule has 3 aromatic rings. The Balaban J connectivity index is 1.99. The van der Waals surface area contributed by atoms with Crippen molar-refractivity contribution in [2.24, 2.45) is 0 Å². The molecule has 0 aliphatic heterocycles. The summed E-state index contributed by atoms with van der Waals surface area (Å²) in [6.45, 7) is 10.9. The van der Waals surface area contributed by atoms with E-state index in [1.165, 1.54) is 6.07 Å². The Kier molecular flexibility index (Phi) is 9.37. The van der Waals surface area contributed by atoms with Gasteiger partial charge in [-0.05, 0) is 58.4 Å². The Morgan fingerprint density at radius 2 is 1.80 bits per heavy atom. The third kappa shape index (κ3) is 7.10. The van der Waals surface area contributed by atoms with E-state index >= 15 is 0 Å². The number of hydrogen-bond acceptors (Lipinski definition) is 5. The number of para-hydroxylation sites is 1. The molecule has 190 valence electrons. The van der Waals surface area contributed by atoms with E-state index in [0.29, 0.717) is 24.7 Å². The van der Waals surface area contributed by atoms with Crippen LogP contribution in [-0.2, 0) is 11.3 Å². The lowest BCUT2D eigenvalue weighted by atomic mass is 10.1. The third-order valence-electron chi connectivity index (χ3n) is 5.88. The molecule has 2 atom stereocenters. The summed E-state index contributed by atoms with van der Waals surface area (Å²) in [6.07, 6.45) is 0.223. The van der Waals surface area contributed by atoms with Crippen LogP contribution in [0, 0.1) is 18.6 Å². The SMILES string of the molecule is CC[C@@H](C)N(Cc1c(C)nn(-c2ccccc2)c1Oc1ccc(F)cc1F)C[C@@H](O)COC(C)C. The lowest BCUT2D eigenvalue weighted by Crippen LogP contribution is -2.40. The van der Waals surface area contributed by atoms with Crippen molar-refractivity contribution < 1.29 is 23.4 Å². The molecule has 0 bridgehead atoms. The van der Waals surface area contributed by atoms with E-state index in [4.69, 9.17) is 9.47 Å². The van der Waals surface area contributed by atoms with Gasteiger partial charge in [-0.3, -0.25) is 4.90 Å². The topological polar surface area (TPSA) is 59.8 Å². The van der Waals surface area contributed by atoms with Gasteiger partial charge in [0.15, 0.2) is 11.6 Å². The highest BCUT2D eigenvalue weighted by Gasteiger charge is 2.25. The van der Waals surface area contributed by atoms with Crippen molar-refractivity contribution in [3.63, 3.8) is 0 Å². The van der Waals surface area contributed by atoms with Gasteiger partial charge in [0.1, 0.15) is 5.82 Å². The maximum absolute atomic E-state index is 14.5. The zero-order valence-electron chi connectivity index (χ0n) is 21.0. The van der Waals surface area contributed by atoms with Crippen LogP contribution in [0.2, 0.25) is 0 Å². The minimum absolute atomic E-state index is 0.0265. The largest absolute Gasteiger partial charge is 0.435 e. The standard InChI is InChI=1S/C27H35F2N3O3/c1-6-19(4)31(15-23(33)17-34-18(2)3)16-24-20(5)30-32(22-10-8-7-9-11-22)27(24)35-26-13-12-21(28)14-25(26)29/h7-14,18-19,23,33H,6,15-17H2,1-5H3/t19-,23-/m1/s1. The predicted octanol–water partition coefficient (Wildman–Crippen LogP) is 5.64. The van der Waals surface area contributed by atoms with Gasteiger partial charge in [0.05, 0.1) is 35.8 Å². The highest BCUT2D eigenvalue weighted by molar-refractivity contribution is 5.43. The molecule has 0 saturated heterocycles. The first-order valence-corrected chi connectivity index (χ1v) is 12.0. The Morgan fingerprint density at radius 3 is 2.43 bits per heavy atom. The molecule has 0 saturated carbocycles. The second-order valence-electron chi connectivity index (χ2n) is 9.02. The molecule has 0 spiro atoms. The predicted molar refractivity (Wildman–Crippen MR) is 132 cm³/mol. The second-order valence-corrected chi connectivity index (χ2v) is 9.02. The normalized spacial score (nSPS) is 13.4. The molecule has 0 radical (unpaired) electrons. The number of hydrogen-bond donors (Lipinski definition) is 1. The molecule has 0 aliphatic carbocycles.